The molecule has 2 N–H and O–H groups in total. The Morgan fingerprint density at radius 2 is 2.19 bits per heavy atom. The van der Waals surface area contributed by atoms with Gasteiger partial charge >= 0.3 is 12.0 Å². The number of carbonyl (C=O) groups is 3. The maximum atomic E-state index is 11.5. The van der Waals surface area contributed by atoms with Crippen molar-refractivity contribution in [2.24, 2.45) is 5.92 Å². The molecule has 21 heavy (non-hydrogen) atoms. The van der Waals surface area contributed by atoms with Gasteiger partial charge in [-0.15, -0.1) is 0 Å². The van der Waals surface area contributed by atoms with Gasteiger partial charge in [-0.05, 0) is 12.1 Å². The van der Waals surface area contributed by atoms with Crippen molar-refractivity contribution < 1.29 is 23.5 Å². The molecule has 7 nitrogen and oxygen atoms in total. The molecule has 3 amide bonds. The van der Waals surface area contributed by atoms with E-state index in [1.165, 1.54) is 25.1 Å². The molecule has 0 aliphatic rings. The van der Waals surface area contributed by atoms with Gasteiger partial charge in [0.05, 0.1) is 31.6 Å². The van der Waals surface area contributed by atoms with Crippen molar-refractivity contribution in [3.05, 3.63) is 24.2 Å². The van der Waals surface area contributed by atoms with Crippen LogP contribution in [0.2, 0.25) is 0 Å². The number of thioether (sulfide) groups is 1. The highest BCUT2D eigenvalue weighted by Gasteiger charge is 2.14. The first-order chi connectivity index (χ1) is 10.0. The van der Waals surface area contributed by atoms with E-state index in [0.717, 1.165) is 0 Å². The summed E-state index contributed by atoms with van der Waals surface area (Å²) in [5.41, 5.74) is 0. The second kappa shape index (κ2) is 9.06. The Bertz CT molecular complexity index is 475. The van der Waals surface area contributed by atoms with E-state index in [1.54, 1.807) is 19.1 Å². The largest absolute Gasteiger partial charge is 0.469 e. The predicted molar refractivity (Wildman–Crippen MR) is 77.6 cm³/mol. The monoisotopic (exact) mass is 314 g/mol. The van der Waals surface area contributed by atoms with E-state index in [9.17, 15) is 14.4 Å². The highest BCUT2D eigenvalue weighted by molar-refractivity contribution is 7.99. The van der Waals surface area contributed by atoms with Crippen LogP contribution in [0, 0.1) is 5.92 Å². The molecule has 1 aromatic rings. The number of ether oxygens (including phenoxy) is 1. The molecule has 0 bridgehead atoms. The molecule has 1 aromatic heterocycles. The van der Waals surface area contributed by atoms with Gasteiger partial charge in [0, 0.05) is 5.75 Å². The molecule has 1 atom stereocenters. The second-order valence-electron chi connectivity index (χ2n) is 4.25. The first-order valence-electron chi connectivity index (χ1n) is 6.28. The molecule has 1 rings (SSSR count). The lowest BCUT2D eigenvalue weighted by Gasteiger charge is -2.08. The van der Waals surface area contributed by atoms with E-state index in [-0.39, 0.29) is 24.2 Å². The number of furan rings is 1. The third-order valence-corrected chi connectivity index (χ3v) is 3.66. The number of amides is 3. The van der Waals surface area contributed by atoms with Crippen LogP contribution in [-0.2, 0) is 20.9 Å². The zero-order valence-corrected chi connectivity index (χ0v) is 12.7. The number of urea groups is 1. The number of esters is 1. The summed E-state index contributed by atoms with van der Waals surface area (Å²) in [4.78, 5) is 34.1. The highest BCUT2D eigenvalue weighted by atomic mass is 32.2. The fourth-order valence-corrected chi connectivity index (χ4v) is 2.25. The molecule has 0 fully saturated rings. The van der Waals surface area contributed by atoms with Crippen LogP contribution in [0.4, 0.5) is 4.79 Å². The van der Waals surface area contributed by atoms with E-state index in [4.69, 9.17) is 4.42 Å². The standard InChI is InChI=1S/C13H18N2O5S/c1-9(12(17)19-2)7-21-8-11(16)15-13(18)14-6-10-4-3-5-20-10/h3-5,9H,6-8H2,1-2H3,(H2,14,15,16,18). The van der Waals surface area contributed by atoms with Gasteiger partial charge in [0.15, 0.2) is 0 Å². The van der Waals surface area contributed by atoms with Gasteiger partial charge in [-0.1, -0.05) is 6.92 Å². The molecule has 8 heteroatoms. The quantitative estimate of drug-likeness (QED) is 0.733. The average Bonchev–Trinajstić information content (AvgIpc) is 2.97. The van der Waals surface area contributed by atoms with Crippen molar-refractivity contribution in [1.82, 2.24) is 10.6 Å². The summed E-state index contributed by atoms with van der Waals surface area (Å²) < 4.78 is 9.61. The molecule has 0 spiro atoms. The van der Waals surface area contributed by atoms with Gasteiger partial charge in [-0.3, -0.25) is 14.9 Å². The molecule has 0 aliphatic carbocycles. The van der Waals surface area contributed by atoms with Crippen LogP contribution in [0.15, 0.2) is 22.8 Å². The molecular weight excluding hydrogens is 296 g/mol. The fraction of sp³-hybridized carbons (Fsp3) is 0.462. The highest BCUT2D eigenvalue weighted by Crippen LogP contribution is 2.09. The van der Waals surface area contributed by atoms with E-state index in [1.807, 2.05) is 0 Å². The third-order valence-electron chi connectivity index (χ3n) is 2.46. The Balaban J connectivity index is 2.15. The first kappa shape index (κ1) is 17.1. The summed E-state index contributed by atoms with van der Waals surface area (Å²) in [7, 11) is 1.32. The topological polar surface area (TPSA) is 97.6 Å². The molecule has 1 heterocycles. The van der Waals surface area contributed by atoms with E-state index < -0.39 is 11.9 Å². The van der Waals surface area contributed by atoms with Gasteiger partial charge in [0.25, 0.3) is 0 Å². The fourth-order valence-electron chi connectivity index (χ4n) is 1.39. The molecule has 0 radical (unpaired) electrons. The number of carbonyl (C=O) groups excluding carboxylic acids is 3. The Kier molecular flexibility index (Phi) is 7.38. The van der Waals surface area contributed by atoms with Gasteiger partial charge in [-0.25, -0.2) is 4.79 Å². The van der Waals surface area contributed by atoms with Crippen LogP contribution < -0.4 is 10.6 Å². The summed E-state index contributed by atoms with van der Waals surface area (Å²) in [5.74, 6) is 0.108. The van der Waals surface area contributed by atoms with Crippen molar-refractivity contribution in [2.45, 2.75) is 13.5 Å². The Labute approximate surface area is 126 Å². The smallest absolute Gasteiger partial charge is 0.321 e. The number of methoxy groups -OCH3 is 1. The lowest BCUT2D eigenvalue weighted by Crippen LogP contribution is -2.40. The molecule has 0 saturated carbocycles. The number of hydrogen-bond donors (Lipinski definition) is 2. The van der Waals surface area contributed by atoms with E-state index in [2.05, 4.69) is 15.4 Å². The molecule has 0 aliphatic heterocycles. The van der Waals surface area contributed by atoms with Crippen LogP contribution >= 0.6 is 11.8 Å². The van der Waals surface area contributed by atoms with Crippen LogP contribution in [0.5, 0.6) is 0 Å². The minimum Gasteiger partial charge on any atom is -0.469 e. The lowest BCUT2D eigenvalue weighted by atomic mass is 10.2. The van der Waals surface area contributed by atoms with Gasteiger partial charge in [-0.2, -0.15) is 11.8 Å². The minimum absolute atomic E-state index is 0.0928. The maximum absolute atomic E-state index is 11.5. The molecule has 1 unspecified atom stereocenters. The molecular formula is C13H18N2O5S. The molecule has 116 valence electrons. The van der Waals surface area contributed by atoms with Crippen molar-refractivity contribution in [3.63, 3.8) is 0 Å². The molecule has 0 saturated heterocycles. The zero-order chi connectivity index (χ0) is 15.7. The Morgan fingerprint density at radius 3 is 2.81 bits per heavy atom. The Morgan fingerprint density at radius 1 is 1.43 bits per heavy atom. The van der Waals surface area contributed by atoms with Crippen molar-refractivity contribution >= 4 is 29.7 Å². The first-order valence-corrected chi connectivity index (χ1v) is 7.44. The van der Waals surface area contributed by atoms with E-state index in [0.29, 0.717) is 11.5 Å². The van der Waals surface area contributed by atoms with Gasteiger partial charge in [0.1, 0.15) is 5.76 Å². The Hall–Kier alpha value is -1.96. The normalized spacial score (nSPS) is 11.5. The van der Waals surface area contributed by atoms with Crippen molar-refractivity contribution in [2.75, 3.05) is 18.6 Å². The van der Waals surface area contributed by atoms with Gasteiger partial charge in [0.2, 0.25) is 5.91 Å². The number of imide groups is 1. The minimum atomic E-state index is -0.585. The lowest BCUT2D eigenvalue weighted by molar-refractivity contribution is -0.144. The number of nitrogens with one attached hydrogen (secondary N) is 2. The predicted octanol–water partition coefficient (Wildman–Crippen LogP) is 1.15. The summed E-state index contributed by atoms with van der Waals surface area (Å²) in [6, 6.07) is 2.84. The summed E-state index contributed by atoms with van der Waals surface area (Å²) in [5, 5.41) is 4.69. The number of rotatable bonds is 7. The van der Waals surface area contributed by atoms with Crippen LogP contribution in [0.3, 0.4) is 0 Å². The summed E-state index contributed by atoms with van der Waals surface area (Å²) in [6.45, 7) is 1.92. The summed E-state index contributed by atoms with van der Waals surface area (Å²) in [6.07, 6.45) is 1.50. The van der Waals surface area contributed by atoms with Crippen molar-refractivity contribution in [1.29, 1.82) is 0 Å². The SMILES string of the molecule is COC(=O)C(C)CSCC(=O)NC(=O)NCc1ccco1. The average molecular weight is 314 g/mol. The number of hydrogen-bond acceptors (Lipinski definition) is 6. The van der Waals surface area contributed by atoms with Crippen molar-refractivity contribution in [3.8, 4) is 0 Å². The van der Waals surface area contributed by atoms with Crippen LogP contribution in [0.25, 0.3) is 0 Å². The van der Waals surface area contributed by atoms with Gasteiger partial charge < -0.3 is 14.5 Å². The molecule has 0 aromatic carbocycles. The second-order valence-corrected chi connectivity index (χ2v) is 5.28. The zero-order valence-electron chi connectivity index (χ0n) is 11.9. The maximum Gasteiger partial charge on any atom is 0.321 e. The van der Waals surface area contributed by atoms with Crippen LogP contribution in [-0.4, -0.2) is 36.5 Å². The summed E-state index contributed by atoms with van der Waals surface area (Å²) >= 11 is 1.26. The van der Waals surface area contributed by atoms with E-state index >= 15 is 0 Å². The van der Waals surface area contributed by atoms with Crippen LogP contribution in [0.1, 0.15) is 12.7 Å². The third kappa shape index (κ3) is 6.84.